The van der Waals surface area contributed by atoms with Crippen LogP contribution in [0.4, 0.5) is 14.5 Å². The molecule has 0 unspecified atom stereocenters. The van der Waals surface area contributed by atoms with Crippen LogP contribution in [0.15, 0.2) is 66.7 Å². The number of carbonyl (C=O) groups is 1. The number of rotatable bonds is 6. The van der Waals surface area contributed by atoms with Gasteiger partial charge in [-0.2, -0.15) is 0 Å². The first-order valence-electron chi connectivity index (χ1n) is 9.29. The lowest BCUT2D eigenvalue weighted by atomic mass is 10.1. The van der Waals surface area contributed by atoms with Gasteiger partial charge in [0.1, 0.15) is 11.6 Å². The molecule has 0 saturated heterocycles. The molecule has 3 rings (SSSR count). The molecule has 3 aromatic carbocycles. The van der Waals surface area contributed by atoms with Crippen molar-refractivity contribution in [3.63, 3.8) is 0 Å². The SMILES string of the molecule is Cc1ccc(N(CCc2ccc(F)cc2F)C(=O)Cc2ccccc2)cc1C. The number of hydrogen-bond donors (Lipinski definition) is 0. The van der Waals surface area contributed by atoms with Crippen LogP contribution in [0.5, 0.6) is 0 Å². The van der Waals surface area contributed by atoms with Gasteiger partial charge in [-0.05, 0) is 60.7 Å². The number of anilines is 1. The van der Waals surface area contributed by atoms with Gasteiger partial charge >= 0.3 is 0 Å². The van der Waals surface area contributed by atoms with Crippen LogP contribution in [-0.4, -0.2) is 12.5 Å². The van der Waals surface area contributed by atoms with Gasteiger partial charge in [-0.3, -0.25) is 4.79 Å². The van der Waals surface area contributed by atoms with Crippen LogP contribution >= 0.6 is 0 Å². The van der Waals surface area contributed by atoms with Gasteiger partial charge in [-0.25, -0.2) is 8.78 Å². The molecular weight excluding hydrogens is 356 g/mol. The zero-order valence-corrected chi connectivity index (χ0v) is 16.1. The topological polar surface area (TPSA) is 20.3 Å². The van der Waals surface area contributed by atoms with E-state index in [0.29, 0.717) is 18.5 Å². The normalized spacial score (nSPS) is 10.7. The number of aryl methyl sites for hydroxylation is 2. The second-order valence-corrected chi connectivity index (χ2v) is 6.96. The first kappa shape index (κ1) is 19.7. The third kappa shape index (κ3) is 4.83. The van der Waals surface area contributed by atoms with Gasteiger partial charge in [0.25, 0.3) is 0 Å². The zero-order valence-electron chi connectivity index (χ0n) is 16.1. The molecule has 0 saturated carbocycles. The monoisotopic (exact) mass is 379 g/mol. The van der Waals surface area contributed by atoms with Gasteiger partial charge in [0, 0.05) is 18.3 Å². The number of halogens is 2. The zero-order chi connectivity index (χ0) is 20.1. The minimum atomic E-state index is -0.604. The van der Waals surface area contributed by atoms with Crippen LogP contribution in [0, 0.1) is 25.5 Å². The Hall–Kier alpha value is -3.01. The van der Waals surface area contributed by atoms with Crippen LogP contribution in [-0.2, 0) is 17.6 Å². The van der Waals surface area contributed by atoms with E-state index < -0.39 is 11.6 Å². The fourth-order valence-electron chi connectivity index (χ4n) is 3.11. The molecule has 0 aliphatic carbocycles. The molecule has 0 heterocycles. The van der Waals surface area contributed by atoms with Crippen molar-refractivity contribution < 1.29 is 13.6 Å². The van der Waals surface area contributed by atoms with E-state index in [0.717, 1.165) is 28.4 Å². The average molecular weight is 379 g/mol. The van der Waals surface area contributed by atoms with E-state index in [9.17, 15) is 13.6 Å². The molecule has 28 heavy (non-hydrogen) atoms. The number of nitrogens with zero attached hydrogens (tertiary/aromatic N) is 1. The van der Waals surface area contributed by atoms with Gasteiger partial charge in [-0.1, -0.05) is 42.5 Å². The van der Waals surface area contributed by atoms with Crippen molar-refractivity contribution in [1.29, 1.82) is 0 Å². The number of hydrogen-bond acceptors (Lipinski definition) is 1. The van der Waals surface area contributed by atoms with E-state index in [1.807, 2.05) is 62.4 Å². The van der Waals surface area contributed by atoms with Gasteiger partial charge in [0.15, 0.2) is 0 Å². The summed E-state index contributed by atoms with van der Waals surface area (Å²) >= 11 is 0. The first-order valence-corrected chi connectivity index (χ1v) is 9.29. The van der Waals surface area contributed by atoms with Crippen molar-refractivity contribution in [3.05, 3.63) is 101 Å². The lowest BCUT2D eigenvalue weighted by molar-refractivity contribution is -0.118. The Morgan fingerprint density at radius 3 is 2.32 bits per heavy atom. The molecule has 0 aliphatic heterocycles. The number of carbonyl (C=O) groups excluding carboxylic acids is 1. The van der Waals surface area contributed by atoms with Crippen molar-refractivity contribution in [3.8, 4) is 0 Å². The van der Waals surface area contributed by atoms with Crippen molar-refractivity contribution in [2.24, 2.45) is 0 Å². The molecule has 3 aromatic rings. The molecule has 4 heteroatoms. The molecule has 0 radical (unpaired) electrons. The highest BCUT2D eigenvalue weighted by molar-refractivity contribution is 5.94. The Bertz CT molecular complexity index is 970. The van der Waals surface area contributed by atoms with E-state index in [2.05, 4.69) is 0 Å². The predicted molar refractivity (Wildman–Crippen MR) is 108 cm³/mol. The molecule has 0 N–H and O–H groups in total. The maximum atomic E-state index is 14.0. The fraction of sp³-hybridized carbons (Fsp3) is 0.208. The van der Waals surface area contributed by atoms with Crippen LogP contribution in [0.3, 0.4) is 0 Å². The maximum absolute atomic E-state index is 14.0. The Balaban J connectivity index is 1.85. The summed E-state index contributed by atoms with van der Waals surface area (Å²) in [6.45, 7) is 4.33. The highest BCUT2D eigenvalue weighted by Crippen LogP contribution is 2.21. The second-order valence-electron chi connectivity index (χ2n) is 6.96. The van der Waals surface area contributed by atoms with E-state index in [4.69, 9.17) is 0 Å². The minimum absolute atomic E-state index is 0.0584. The molecule has 0 bridgehead atoms. The van der Waals surface area contributed by atoms with Crippen LogP contribution in [0.1, 0.15) is 22.3 Å². The summed E-state index contributed by atoms with van der Waals surface area (Å²) in [7, 11) is 0. The smallest absolute Gasteiger partial charge is 0.231 e. The number of amides is 1. The molecule has 0 aliphatic rings. The Morgan fingerprint density at radius 2 is 1.64 bits per heavy atom. The van der Waals surface area contributed by atoms with Crippen LogP contribution in [0.25, 0.3) is 0 Å². The van der Waals surface area contributed by atoms with Crippen molar-refractivity contribution in [1.82, 2.24) is 0 Å². The fourth-order valence-corrected chi connectivity index (χ4v) is 3.11. The summed E-state index contributed by atoms with van der Waals surface area (Å²) in [6, 6.07) is 18.9. The average Bonchev–Trinajstić information content (AvgIpc) is 2.67. The van der Waals surface area contributed by atoms with Gasteiger partial charge < -0.3 is 4.90 Å². The van der Waals surface area contributed by atoms with E-state index in [1.54, 1.807) is 4.90 Å². The second kappa shape index (κ2) is 8.79. The summed E-state index contributed by atoms with van der Waals surface area (Å²) in [4.78, 5) is 14.7. The quantitative estimate of drug-likeness (QED) is 0.562. The number of benzene rings is 3. The highest BCUT2D eigenvalue weighted by Gasteiger charge is 2.18. The molecule has 0 atom stereocenters. The van der Waals surface area contributed by atoms with Gasteiger partial charge in [0.05, 0.1) is 6.42 Å². The van der Waals surface area contributed by atoms with Gasteiger partial charge in [-0.15, -0.1) is 0 Å². The largest absolute Gasteiger partial charge is 0.312 e. The maximum Gasteiger partial charge on any atom is 0.231 e. The first-order chi connectivity index (χ1) is 13.4. The summed E-state index contributed by atoms with van der Waals surface area (Å²) < 4.78 is 27.2. The lowest BCUT2D eigenvalue weighted by Crippen LogP contribution is -2.34. The molecule has 0 spiro atoms. The van der Waals surface area contributed by atoms with E-state index in [-0.39, 0.29) is 12.3 Å². The third-order valence-electron chi connectivity index (χ3n) is 4.92. The molecule has 144 valence electrons. The summed E-state index contributed by atoms with van der Waals surface area (Å²) in [5.74, 6) is -1.25. The molecule has 0 fully saturated rings. The summed E-state index contributed by atoms with van der Waals surface area (Å²) in [6.07, 6.45) is 0.569. The molecular formula is C24H23F2NO. The van der Waals surface area contributed by atoms with Crippen molar-refractivity contribution >= 4 is 11.6 Å². The Kier molecular flexibility index (Phi) is 6.19. The Labute approximate surface area is 164 Å². The highest BCUT2D eigenvalue weighted by atomic mass is 19.1. The van der Waals surface area contributed by atoms with Crippen molar-refractivity contribution in [2.75, 3.05) is 11.4 Å². The van der Waals surface area contributed by atoms with Crippen LogP contribution in [0.2, 0.25) is 0 Å². The minimum Gasteiger partial charge on any atom is -0.312 e. The lowest BCUT2D eigenvalue weighted by Gasteiger charge is -2.24. The van der Waals surface area contributed by atoms with Gasteiger partial charge in [0.2, 0.25) is 5.91 Å². The van der Waals surface area contributed by atoms with E-state index >= 15 is 0 Å². The molecule has 1 amide bonds. The summed E-state index contributed by atoms with van der Waals surface area (Å²) in [5, 5.41) is 0. The predicted octanol–water partition coefficient (Wildman–Crippen LogP) is 5.40. The molecule has 0 aromatic heterocycles. The van der Waals surface area contributed by atoms with Crippen molar-refractivity contribution in [2.45, 2.75) is 26.7 Å². The van der Waals surface area contributed by atoms with E-state index in [1.165, 1.54) is 12.1 Å². The van der Waals surface area contributed by atoms with Crippen LogP contribution < -0.4 is 4.90 Å². The third-order valence-corrected chi connectivity index (χ3v) is 4.92. The molecule has 2 nitrogen and oxygen atoms in total. The Morgan fingerprint density at radius 1 is 0.893 bits per heavy atom. The summed E-state index contributed by atoms with van der Waals surface area (Å²) in [5.41, 5.74) is 4.33. The standard InChI is InChI=1S/C24H23F2NO/c1-17-8-11-22(14-18(17)2)27(24(28)15-19-6-4-3-5-7-19)13-12-20-9-10-21(25)16-23(20)26/h3-11,14,16H,12-13,15H2,1-2H3.